The molecule has 1 amide bonds. The molecule has 0 bridgehead atoms. The number of halogens is 1. The summed E-state index contributed by atoms with van der Waals surface area (Å²) in [5, 5.41) is 15.4. The van der Waals surface area contributed by atoms with E-state index in [1.54, 1.807) is 7.05 Å². The van der Waals surface area contributed by atoms with Gasteiger partial charge in [-0.15, -0.1) is 0 Å². The fourth-order valence-corrected chi connectivity index (χ4v) is 2.37. The molecule has 3 N–H and O–H groups in total. The molecule has 0 aliphatic carbocycles. The summed E-state index contributed by atoms with van der Waals surface area (Å²) in [6, 6.07) is 14.5. The zero-order chi connectivity index (χ0) is 17.4. The summed E-state index contributed by atoms with van der Waals surface area (Å²) in [6.45, 7) is 0.676. The van der Waals surface area contributed by atoms with E-state index in [0.717, 1.165) is 16.9 Å². The third-order valence-corrected chi connectivity index (χ3v) is 3.75. The molecule has 5 nitrogen and oxygen atoms in total. The number of amides is 1. The molecule has 0 saturated carbocycles. The summed E-state index contributed by atoms with van der Waals surface area (Å²) in [4.78, 5) is 11.5. The Balaban J connectivity index is 1.85. The van der Waals surface area contributed by atoms with Gasteiger partial charge in [-0.25, -0.2) is 0 Å². The highest BCUT2D eigenvalue weighted by molar-refractivity contribution is 6.30. The van der Waals surface area contributed by atoms with E-state index in [0.29, 0.717) is 18.2 Å². The summed E-state index contributed by atoms with van der Waals surface area (Å²) in [5.41, 5.74) is 2.00. The van der Waals surface area contributed by atoms with Crippen LogP contribution < -0.4 is 15.4 Å². The molecule has 2 rings (SSSR count). The van der Waals surface area contributed by atoms with Gasteiger partial charge in [-0.3, -0.25) is 10.1 Å². The van der Waals surface area contributed by atoms with E-state index >= 15 is 0 Å². The second-order valence-electron chi connectivity index (χ2n) is 5.29. The van der Waals surface area contributed by atoms with Crippen LogP contribution in [-0.4, -0.2) is 30.7 Å². The predicted octanol–water partition coefficient (Wildman–Crippen LogP) is 2.12. The third kappa shape index (κ3) is 5.53. The second kappa shape index (κ2) is 9.27. The Morgan fingerprint density at radius 1 is 1.21 bits per heavy atom. The first-order chi connectivity index (χ1) is 11.6. The van der Waals surface area contributed by atoms with Crippen LogP contribution in [0.4, 0.5) is 0 Å². The number of benzene rings is 2. The fourth-order valence-electron chi connectivity index (χ4n) is 2.15. The Labute approximate surface area is 146 Å². The molecular weight excluding hydrogens is 328 g/mol. The number of likely N-dealkylation sites (N-methyl/N-ethyl adjacent to an activating group) is 1. The molecule has 2 aromatic rings. The number of nitrogens with one attached hydrogen (secondary N) is 2. The largest absolute Gasteiger partial charge is 0.489 e. The molecule has 6 heteroatoms. The summed E-state index contributed by atoms with van der Waals surface area (Å²) < 4.78 is 5.72. The Kier molecular flexibility index (Phi) is 7.06. The van der Waals surface area contributed by atoms with Crippen molar-refractivity contribution in [2.75, 3.05) is 13.7 Å². The van der Waals surface area contributed by atoms with Crippen molar-refractivity contribution in [3.63, 3.8) is 0 Å². The van der Waals surface area contributed by atoms with Crippen LogP contribution in [0, 0.1) is 0 Å². The first-order valence-corrected chi connectivity index (χ1v) is 8.02. The number of carbonyl (C=O) groups is 1. The molecule has 0 aromatic heterocycles. The van der Waals surface area contributed by atoms with Gasteiger partial charge in [-0.1, -0.05) is 35.9 Å². The van der Waals surface area contributed by atoms with Crippen molar-refractivity contribution in [3.8, 4) is 5.75 Å². The van der Waals surface area contributed by atoms with E-state index in [9.17, 15) is 9.90 Å². The molecule has 0 radical (unpaired) electrons. The molecule has 0 aliphatic rings. The number of hydrogen-bond acceptors (Lipinski definition) is 4. The van der Waals surface area contributed by atoms with Crippen LogP contribution in [-0.2, 0) is 17.9 Å². The quantitative estimate of drug-likeness (QED) is 0.683. The Bertz CT molecular complexity index is 662. The molecular formula is C18H21ClN2O3. The minimum atomic E-state index is -0.617. The number of ether oxygens (including phenoxy) is 1. The molecule has 1 unspecified atom stereocenters. The van der Waals surface area contributed by atoms with Crippen molar-refractivity contribution in [3.05, 3.63) is 64.7 Å². The van der Waals surface area contributed by atoms with E-state index < -0.39 is 6.04 Å². The number of hydrogen-bond donors (Lipinski definition) is 3. The van der Waals surface area contributed by atoms with E-state index in [1.807, 2.05) is 48.5 Å². The maximum absolute atomic E-state index is 11.5. The lowest BCUT2D eigenvalue weighted by atomic mass is 10.2. The summed E-state index contributed by atoms with van der Waals surface area (Å²) in [7, 11) is 1.54. The predicted molar refractivity (Wildman–Crippen MR) is 94.0 cm³/mol. The highest BCUT2D eigenvalue weighted by Crippen LogP contribution is 2.16. The van der Waals surface area contributed by atoms with Crippen molar-refractivity contribution in [2.24, 2.45) is 0 Å². The average Bonchev–Trinajstić information content (AvgIpc) is 2.61. The van der Waals surface area contributed by atoms with E-state index in [1.165, 1.54) is 0 Å². The van der Waals surface area contributed by atoms with Gasteiger partial charge in [0.25, 0.3) is 0 Å². The Hall–Kier alpha value is -2.08. The van der Waals surface area contributed by atoms with Crippen LogP contribution in [0.3, 0.4) is 0 Å². The lowest BCUT2D eigenvalue weighted by Gasteiger charge is -2.14. The number of aliphatic hydroxyl groups excluding tert-OH is 1. The maximum Gasteiger partial charge on any atom is 0.239 e. The normalized spacial score (nSPS) is 11.8. The van der Waals surface area contributed by atoms with Crippen LogP contribution in [0.1, 0.15) is 11.1 Å². The van der Waals surface area contributed by atoms with Gasteiger partial charge in [0.1, 0.15) is 18.4 Å². The van der Waals surface area contributed by atoms with Gasteiger partial charge in [-0.2, -0.15) is 0 Å². The van der Waals surface area contributed by atoms with Crippen molar-refractivity contribution in [1.29, 1.82) is 0 Å². The summed E-state index contributed by atoms with van der Waals surface area (Å²) >= 11 is 5.94. The van der Waals surface area contributed by atoms with Crippen LogP contribution in [0.15, 0.2) is 48.5 Å². The van der Waals surface area contributed by atoms with Gasteiger partial charge >= 0.3 is 0 Å². The lowest BCUT2D eigenvalue weighted by Crippen LogP contribution is -2.44. The highest BCUT2D eigenvalue weighted by atomic mass is 35.5. The minimum absolute atomic E-state index is 0.237. The number of rotatable bonds is 8. The molecule has 24 heavy (non-hydrogen) atoms. The number of carbonyl (C=O) groups excluding carboxylic acids is 1. The standard InChI is InChI=1S/C18H21ClN2O3/c1-20-18(23)17(11-22)21-10-13-5-7-16(8-6-13)24-12-14-3-2-4-15(19)9-14/h2-9,17,21-22H,10-12H2,1H3,(H,20,23). The monoisotopic (exact) mass is 348 g/mol. The van der Waals surface area contributed by atoms with Crippen LogP contribution in [0.2, 0.25) is 5.02 Å². The third-order valence-electron chi connectivity index (χ3n) is 3.52. The summed E-state index contributed by atoms with van der Waals surface area (Å²) in [5.74, 6) is 0.516. The van der Waals surface area contributed by atoms with E-state index in [4.69, 9.17) is 16.3 Å². The second-order valence-corrected chi connectivity index (χ2v) is 5.73. The Morgan fingerprint density at radius 3 is 2.58 bits per heavy atom. The molecule has 0 fully saturated rings. The molecule has 128 valence electrons. The molecule has 0 saturated heterocycles. The molecule has 2 aromatic carbocycles. The van der Waals surface area contributed by atoms with E-state index in [-0.39, 0.29) is 12.5 Å². The van der Waals surface area contributed by atoms with Crippen molar-refractivity contribution >= 4 is 17.5 Å². The molecule has 0 aliphatic heterocycles. The van der Waals surface area contributed by atoms with Gasteiger partial charge < -0.3 is 15.2 Å². The first-order valence-electron chi connectivity index (χ1n) is 7.64. The molecule has 0 heterocycles. The first kappa shape index (κ1) is 18.3. The van der Waals surface area contributed by atoms with Crippen LogP contribution in [0.25, 0.3) is 0 Å². The topological polar surface area (TPSA) is 70.6 Å². The SMILES string of the molecule is CNC(=O)C(CO)NCc1ccc(OCc2cccc(Cl)c2)cc1. The lowest BCUT2D eigenvalue weighted by molar-refractivity contribution is -0.123. The minimum Gasteiger partial charge on any atom is -0.489 e. The van der Waals surface area contributed by atoms with Crippen molar-refractivity contribution in [1.82, 2.24) is 10.6 Å². The van der Waals surface area contributed by atoms with Gasteiger partial charge in [0.2, 0.25) is 5.91 Å². The smallest absolute Gasteiger partial charge is 0.239 e. The Morgan fingerprint density at radius 2 is 1.96 bits per heavy atom. The van der Waals surface area contributed by atoms with Crippen molar-refractivity contribution in [2.45, 2.75) is 19.2 Å². The van der Waals surface area contributed by atoms with Gasteiger partial charge in [0.15, 0.2) is 0 Å². The fraction of sp³-hybridized carbons (Fsp3) is 0.278. The average molecular weight is 349 g/mol. The van der Waals surface area contributed by atoms with Gasteiger partial charge in [0.05, 0.1) is 6.61 Å². The number of aliphatic hydroxyl groups is 1. The van der Waals surface area contributed by atoms with Crippen LogP contribution >= 0.6 is 11.6 Å². The zero-order valence-corrected chi connectivity index (χ0v) is 14.2. The highest BCUT2D eigenvalue weighted by Gasteiger charge is 2.14. The molecule has 0 spiro atoms. The van der Waals surface area contributed by atoms with Gasteiger partial charge in [-0.05, 0) is 35.4 Å². The zero-order valence-electron chi connectivity index (χ0n) is 13.5. The van der Waals surface area contributed by atoms with Crippen LogP contribution in [0.5, 0.6) is 5.75 Å². The molecule has 1 atom stereocenters. The van der Waals surface area contributed by atoms with Gasteiger partial charge in [0, 0.05) is 18.6 Å². The van der Waals surface area contributed by atoms with E-state index in [2.05, 4.69) is 10.6 Å². The maximum atomic E-state index is 11.5. The summed E-state index contributed by atoms with van der Waals surface area (Å²) in [6.07, 6.45) is 0. The van der Waals surface area contributed by atoms with Crippen molar-refractivity contribution < 1.29 is 14.6 Å².